The molecule has 0 bridgehead atoms. The van der Waals surface area contributed by atoms with Crippen LogP contribution in [0, 0.1) is 13.8 Å². The molecule has 0 atom stereocenters. The average molecular weight is 153 g/mol. The second kappa shape index (κ2) is 2.36. The van der Waals surface area contributed by atoms with Gasteiger partial charge in [0.05, 0.1) is 5.69 Å². The van der Waals surface area contributed by atoms with Crippen LogP contribution in [0.15, 0.2) is 4.42 Å². The van der Waals surface area contributed by atoms with E-state index in [0.29, 0.717) is 0 Å². The van der Waals surface area contributed by atoms with E-state index >= 15 is 0 Å². The molecule has 0 unspecified atom stereocenters. The van der Waals surface area contributed by atoms with Crippen molar-refractivity contribution in [3.8, 4) is 0 Å². The van der Waals surface area contributed by atoms with Crippen molar-refractivity contribution in [2.75, 3.05) is 0 Å². The molecule has 0 aliphatic heterocycles. The van der Waals surface area contributed by atoms with Crippen LogP contribution in [0.4, 0.5) is 0 Å². The highest BCUT2D eigenvalue weighted by Crippen LogP contribution is 2.22. The van der Waals surface area contributed by atoms with E-state index in [0.717, 1.165) is 17.3 Å². The SMILES string of the molecule is Cc1nc(C(C)(C)C)oc1C. The third-order valence-corrected chi connectivity index (χ3v) is 1.67. The van der Waals surface area contributed by atoms with E-state index in [2.05, 4.69) is 25.8 Å². The fourth-order valence-corrected chi connectivity index (χ4v) is 0.794. The van der Waals surface area contributed by atoms with Gasteiger partial charge in [0.2, 0.25) is 0 Å². The molecule has 2 heteroatoms. The second-order valence-corrected chi connectivity index (χ2v) is 3.91. The van der Waals surface area contributed by atoms with Crippen molar-refractivity contribution in [2.24, 2.45) is 0 Å². The number of aromatic nitrogens is 1. The lowest BCUT2D eigenvalue weighted by molar-refractivity contribution is 0.380. The minimum absolute atomic E-state index is 0.0268. The number of oxazole rings is 1. The quantitative estimate of drug-likeness (QED) is 0.572. The van der Waals surface area contributed by atoms with Gasteiger partial charge in [-0.2, -0.15) is 0 Å². The largest absolute Gasteiger partial charge is 0.445 e. The summed E-state index contributed by atoms with van der Waals surface area (Å²) in [4.78, 5) is 4.31. The van der Waals surface area contributed by atoms with Crippen molar-refractivity contribution in [2.45, 2.75) is 40.0 Å². The summed E-state index contributed by atoms with van der Waals surface area (Å²) in [5, 5.41) is 0. The standard InChI is InChI=1S/C9H15NO/c1-6-7(2)11-8(10-6)9(3,4)5/h1-5H3. The van der Waals surface area contributed by atoms with Crippen LogP contribution in [-0.2, 0) is 5.41 Å². The van der Waals surface area contributed by atoms with Crippen LogP contribution >= 0.6 is 0 Å². The van der Waals surface area contributed by atoms with Crippen LogP contribution < -0.4 is 0 Å². The maximum atomic E-state index is 5.47. The highest BCUT2D eigenvalue weighted by molar-refractivity contribution is 5.09. The van der Waals surface area contributed by atoms with Crippen molar-refractivity contribution >= 4 is 0 Å². The van der Waals surface area contributed by atoms with Crippen LogP contribution in [0.3, 0.4) is 0 Å². The first-order valence-corrected chi connectivity index (χ1v) is 3.86. The maximum Gasteiger partial charge on any atom is 0.199 e. The van der Waals surface area contributed by atoms with Gasteiger partial charge in [-0.25, -0.2) is 4.98 Å². The summed E-state index contributed by atoms with van der Waals surface area (Å²) >= 11 is 0. The Morgan fingerprint density at radius 3 is 1.91 bits per heavy atom. The monoisotopic (exact) mass is 153 g/mol. The Morgan fingerprint density at radius 2 is 1.73 bits per heavy atom. The molecular weight excluding hydrogens is 138 g/mol. The van der Waals surface area contributed by atoms with Gasteiger partial charge in [-0.1, -0.05) is 20.8 Å². The lowest BCUT2D eigenvalue weighted by Gasteiger charge is -2.11. The van der Waals surface area contributed by atoms with Gasteiger partial charge in [0, 0.05) is 5.41 Å². The summed E-state index contributed by atoms with van der Waals surface area (Å²) in [6.45, 7) is 10.2. The molecule has 0 radical (unpaired) electrons. The van der Waals surface area contributed by atoms with E-state index in [9.17, 15) is 0 Å². The van der Waals surface area contributed by atoms with Crippen molar-refractivity contribution in [3.63, 3.8) is 0 Å². The molecule has 1 aromatic rings. The molecule has 0 saturated carbocycles. The molecule has 0 fully saturated rings. The molecule has 1 aromatic heterocycles. The summed E-state index contributed by atoms with van der Waals surface area (Å²) in [5.41, 5.74) is 1.02. The summed E-state index contributed by atoms with van der Waals surface area (Å²) in [7, 11) is 0. The summed E-state index contributed by atoms with van der Waals surface area (Å²) in [6.07, 6.45) is 0. The Labute approximate surface area is 67.6 Å². The molecule has 0 N–H and O–H groups in total. The van der Waals surface area contributed by atoms with Gasteiger partial charge in [-0.15, -0.1) is 0 Å². The zero-order valence-electron chi connectivity index (χ0n) is 7.86. The molecule has 0 saturated heterocycles. The van der Waals surface area contributed by atoms with Crippen LogP contribution in [0.1, 0.15) is 38.1 Å². The van der Waals surface area contributed by atoms with Crippen LogP contribution in [-0.4, -0.2) is 4.98 Å². The zero-order chi connectivity index (χ0) is 8.65. The van der Waals surface area contributed by atoms with E-state index < -0.39 is 0 Å². The fraction of sp³-hybridized carbons (Fsp3) is 0.667. The van der Waals surface area contributed by atoms with Gasteiger partial charge in [-0.05, 0) is 13.8 Å². The molecule has 0 aliphatic carbocycles. The van der Waals surface area contributed by atoms with Gasteiger partial charge in [0.15, 0.2) is 5.89 Å². The van der Waals surface area contributed by atoms with E-state index in [-0.39, 0.29) is 5.41 Å². The van der Waals surface area contributed by atoms with Crippen LogP contribution in [0.5, 0.6) is 0 Å². The summed E-state index contributed by atoms with van der Waals surface area (Å²) in [5.74, 6) is 1.75. The van der Waals surface area contributed by atoms with Crippen molar-refractivity contribution in [3.05, 3.63) is 17.3 Å². The molecule has 2 nitrogen and oxygen atoms in total. The van der Waals surface area contributed by atoms with Gasteiger partial charge in [-0.3, -0.25) is 0 Å². The lowest BCUT2D eigenvalue weighted by Crippen LogP contribution is -2.11. The van der Waals surface area contributed by atoms with E-state index in [1.54, 1.807) is 0 Å². The van der Waals surface area contributed by atoms with Gasteiger partial charge in [0.1, 0.15) is 5.76 Å². The second-order valence-electron chi connectivity index (χ2n) is 3.91. The Bertz CT molecular complexity index is 236. The number of rotatable bonds is 0. The number of hydrogen-bond acceptors (Lipinski definition) is 2. The van der Waals surface area contributed by atoms with Crippen molar-refractivity contribution in [1.29, 1.82) is 0 Å². The topological polar surface area (TPSA) is 26.0 Å². The molecular formula is C9H15NO. The Balaban J connectivity index is 3.08. The molecule has 0 amide bonds. The molecule has 11 heavy (non-hydrogen) atoms. The van der Waals surface area contributed by atoms with Gasteiger partial charge >= 0.3 is 0 Å². The predicted molar refractivity (Wildman–Crippen MR) is 44.7 cm³/mol. The van der Waals surface area contributed by atoms with Gasteiger partial charge in [0.25, 0.3) is 0 Å². The fourth-order valence-electron chi connectivity index (χ4n) is 0.794. The zero-order valence-corrected chi connectivity index (χ0v) is 7.86. The Hall–Kier alpha value is -0.790. The number of aryl methyl sites for hydroxylation is 2. The lowest BCUT2D eigenvalue weighted by atomic mass is 9.97. The molecule has 0 spiro atoms. The normalized spacial score (nSPS) is 12.1. The first kappa shape index (κ1) is 8.31. The van der Waals surface area contributed by atoms with Crippen LogP contribution in [0.2, 0.25) is 0 Å². The van der Waals surface area contributed by atoms with Gasteiger partial charge < -0.3 is 4.42 Å². The highest BCUT2D eigenvalue weighted by Gasteiger charge is 2.20. The average Bonchev–Trinajstić information content (AvgIpc) is 2.11. The van der Waals surface area contributed by atoms with Crippen LogP contribution in [0.25, 0.3) is 0 Å². The number of hydrogen-bond donors (Lipinski definition) is 0. The maximum absolute atomic E-state index is 5.47. The molecule has 0 aromatic carbocycles. The summed E-state index contributed by atoms with van der Waals surface area (Å²) in [6, 6.07) is 0. The third kappa shape index (κ3) is 1.62. The first-order valence-electron chi connectivity index (χ1n) is 3.86. The molecule has 62 valence electrons. The Morgan fingerprint density at radius 1 is 1.18 bits per heavy atom. The molecule has 1 rings (SSSR count). The van der Waals surface area contributed by atoms with E-state index in [1.165, 1.54) is 0 Å². The summed E-state index contributed by atoms with van der Waals surface area (Å²) < 4.78 is 5.47. The smallest absolute Gasteiger partial charge is 0.199 e. The highest BCUT2D eigenvalue weighted by atomic mass is 16.4. The Kier molecular flexibility index (Phi) is 1.78. The van der Waals surface area contributed by atoms with Crippen molar-refractivity contribution < 1.29 is 4.42 Å². The van der Waals surface area contributed by atoms with E-state index in [1.807, 2.05) is 13.8 Å². The van der Waals surface area contributed by atoms with Crippen molar-refractivity contribution in [1.82, 2.24) is 4.98 Å². The molecule has 1 heterocycles. The predicted octanol–water partition coefficient (Wildman–Crippen LogP) is 2.59. The number of nitrogens with zero attached hydrogens (tertiary/aromatic N) is 1. The third-order valence-electron chi connectivity index (χ3n) is 1.67. The minimum atomic E-state index is 0.0268. The minimum Gasteiger partial charge on any atom is -0.445 e. The molecule has 0 aliphatic rings. The van der Waals surface area contributed by atoms with E-state index in [4.69, 9.17) is 4.42 Å². The first-order chi connectivity index (χ1) is 4.91.